The Labute approximate surface area is 133 Å². The van der Waals surface area contributed by atoms with Crippen LogP contribution in [0.25, 0.3) is 10.9 Å². The van der Waals surface area contributed by atoms with E-state index in [1.807, 2.05) is 0 Å². The molecular weight excluding hydrogens is 336 g/mol. The summed E-state index contributed by atoms with van der Waals surface area (Å²) in [6.45, 7) is 0. The molecule has 7 heteroatoms. The van der Waals surface area contributed by atoms with E-state index in [1.165, 1.54) is 18.2 Å². The van der Waals surface area contributed by atoms with Gasteiger partial charge < -0.3 is 10.3 Å². The maximum absolute atomic E-state index is 13.2. The highest BCUT2D eigenvalue weighted by Crippen LogP contribution is 2.41. The number of hydrogen-bond donors (Lipinski definition) is 2. The van der Waals surface area contributed by atoms with Crippen LogP contribution in [-0.4, -0.2) is 4.98 Å². The molecule has 2 nitrogen and oxygen atoms in total. The lowest BCUT2D eigenvalue weighted by atomic mass is 10.2. The molecule has 2 aromatic carbocycles. The van der Waals surface area contributed by atoms with Crippen molar-refractivity contribution in [1.82, 2.24) is 4.98 Å². The first-order valence-corrected chi connectivity index (χ1v) is 7.01. The van der Waals surface area contributed by atoms with Gasteiger partial charge in [0.05, 0.1) is 5.69 Å². The van der Waals surface area contributed by atoms with Crippen LogP contribution in [0.3, 0.4) is 0 Å². The van der Waals surface area contributed by atoms with Crippen LogP contribution in [0, 0.1) is 0 Å². The number of anilines is 2. The topological polar surface area (TPSA) is 27.8 Å². The van der Waals surface area contributed by atoms with Crippen molar-refractivity contribution in [1.29, 1.82) is 0 Å². The SMILES string of the molecule is FC(F)(F)c1[nH]c2ccc(Cl)cc2c1Nc1ccc(Cl)cc1. The molecule has 0 spiro atoms. The van der Waals surface area contributed by atoms with E-state index >= 15 is 0 Å². The summed E-state index contributed by atoms with van der Waals surface area (Å²) < 4.78 is 39.7. The van der Waals surface area contributed by atoms with Gasteiger partial charge in [0.1, 0.15) is 5.69 Å². The third-order valence-corrected chi connectivity index (χ3v) is 3.64. The zero-order valence-corrected chi connectivity index (χ0v) is 12.4. The number of benzene rings is 2. The summed E-state index contributed by atoms with van der Waals surface area (Å²) in [4.78, 5) is 2.39. The van der Waals surface area contributed by atoms with Crippen molar-refractivity contribution >= 4 is 45.5 Å². The van der Waals surface area contributed by atoms with Crippen molar-refractivity contribution in [3.8, 4) is 0 Å². The molecule has 0 unspecified atom stereocenters. The van der Waals surface area contributed by atoms with E-state index in [1.54, 1.807) is 24.3 Å². The minimum Gasteiger partial charge on any atom is -0.353 e. The van der Waals surface area contributed by atoms with Crippen LogP contribution in [0.2, 0.25) is 10.0 Å². The molecule has 22 heavy (non-hydrogen) atoms. The van der Waals surface area contributed by atoms with Gasteiger partial charge in [0.15, 0.2) is 0 Å². The van der Waals surface area contributed by atoms with Gasteiger partial charge in [-0.2, -0.15) is 13.2 Å². The zero-order chi connectivity index (χ0) is 15.9. The number of aromatic amines is 1. The van der Waals surface area contributed by atoms with Gasteiger partial charge in [0.2, 0.25) is 0 Å². The molecule has 0 amide bonds. The second-order valence-corrected chi connectivity index (χ2v) is 5.57. The normalized spacial score (nSPS) is 11.9. The highest BCUT2D eigenvalue weighted by atomic mass is 35.5. The van der Waals surface area contributed by atoms with Gasteiger partial charge in [-0.1, -0.05) is 23.2 Å². The van der Waals surface area contributed by atoms with Crippen molar-refractivity contribution in [2.75, 3.05) is 5.32 Å². The Morgan fingerprint density at radius 1 is 0.909 bits per heavy atom. The molecule has 0 saturated carbocycles. The van der Waals surface area contributed by atoms with Crippen LogP contribution >= 0.6 is 23.2 Å². The maximum atomic E-state index is 13.2. The average Bonchev–Trinajstić information content (AvgIpc) is 2.80. The maximum Gasteiger partial charge on any atom is 0.433 e. The number of hydrogen-bond acceptors (Lipinski definition) is 1. The number of nitrogens with one attached hydrogen (secondary N) is 2. The van der Waals surface area contributed by atoms with Gasteiger partial charge in [0, 0.05) is 26.6 Å². The van der Waals surface area contributed by atoms with E-state index in [4.69, 9.17) is 23.2 Å². The monoisotopic (exact) mass is 344 g/mol. The zero-order valence-electron chi connectivity index (χ0n) is 10.9. The van der Waals surface area contributed by atoms with Crippen LogP contribution < -0.4 is 5.32 Å². The lowest BCUT2D eigenvalue weighted by Crippen LogP contribution is -2.08. The molecule has 3 rings (SSSR count). The Balaban J connectivity index is 2.16. The van der Waals surface area contributed by atoms with Crippen LogP contribution in [-0.2, 0) is 6.18 Å². The van der Waals surface area contributed by atoms with Crippen LogP contribution in [0.15, 0.2) is 42.5 Å². The molecule has 2 N–H and O–H groups in total. The third kappa shape index (κ3) is 2.87. The molecule has 0 fully saturated rings. The van der Waals surface area contributed by atoms with E-state index in [0.29, 0.717) is 26.6 Å². The van der Waals surface area contributed by atoms with E-state index < -0.39 is 11.9 Å². The molecule has 1 heterocycles. The Bertz CT molecular complexity index is 823. The standard InChI is InChI=1S/C15H9Cl2F3N2/c16-8-1-4-10(5-2-8)21-13-11-7-9(17)3-6-12(11)22-14(13)15(18,19)20/h1-7,21-22H. The molecule has 0 aliphatic carbocycles. The quantitative estimate of drug-likeness (QED) is 0.566. The molecule has 1 aromatic heterocycles. The summed E-state index contributed by atoms with van der Waals surface area (Å²) >= 11 is 11.7. The first-order chi connectivity index (χ1) is 10.3. The van der Waals surface area contributed by atoms with Crippen molar-refractivity contribution in [3.63, 3.8) is 0 Å². The fourth-order valence-electron chi connectivity index (χ4n) is 2.18. The Morgan fingerprint density at radius 3 is 2.18 bits per heavy atom. The molecular formula is C15H9Cl2F3N2. The number of halogens is 5. The van der Waals surface area contributed by atoms with Gasteiger partial charge in [-0.3, -0.25) is 0 Å². The van der Waals surface area contributed by atoms with E-state index in [2.05, 4.69) is 10.3 Å². The van der Waals surface area contributed by atoms with Crippen molar-refractivity contribution in [3.05, 3.63) is 58.2 Å². The first kappa shape index (κ1) is 15.1. The number of rotatable bonds is 2. The van der Waals surface area contributed by atoms with Crippen molar-refractivity contribution < 1.29 is 13.2 Å². The summed E-state index contributed by atoms with van der Waals surface area (Å²) in [5.41, 5.74) is -0.0593. The van der Waals surface area contributed by atoms with E-state index in [9.17, 15) is 13.2 Å². The van der Waals surface area contributed by atoms with Crippen molar-refractivity contribution in [2.45, 2.75) is 6.18 Å². The highest BCUT2D eigenvalue weighted by molar-refractivity contribution is 6.31. The number of aromatic nitrogens is 1. The minimum atomic E-state index is -4.51. The molecule has 114 valence electrons. The predicted molar refractivity (Wildman–Crippen MR) is 83.0 cm³/mol. The van der Waals surface area contributed by atoms with Crippen LogP contribution in [0.1, 0.15) is 5.69 Å². The second-order valence-electron chi connectivity index (χ2n) is 4.69. The summed E-state index contributed by atoms with van der Waals surface area (Å²) in [5, 5.41) is 4.02. The summed E-state index contributed by atoms with van der Waals surface area (Å²) in [5.74, 6) is 0. The summed E-state index contributed by atoms with van der Waals surface area (Å²) in [7, 11) is 0. The van der Waals surface area contributed by atoms with Crippen molar-refractivity contribution in [2.24, 2.45) is 0 Å². The number of fused-ring (bicyclic) bond motifs is 1. The lowest BCUT2D eigenvalue weighted by molar-refractivity contribution is -0.140. The Hall–Kier alpha value is -1.85. The minimum absolute atomic E-state index is 0.0627. The van der Waals surface area contributed by atoms with Gasteiger partial charge in [0.25, 0.3) is 0 Å². The van der Waals surface area contributed by atoms with Crippen LogP contribution in [0.5, 0.6) is 0 Å². The van der Waals surface area contributed by atoms with E-state index in [-0.39, 0.29) is 5.69 Å². The third-order valence-electron chi connectivity index (χ3n) is 3.16. The fraction of sp³-hybridized carbons (Fsp3) is 0.0667. The molecule has 0 bridgehead atoms. The smallest absolute Gasteiger partial charge is 0.353 e. The summed E-state index contributed by atoms with van der Waals surface area (Å²) in [6, 6.07) is 10.9. The molecule has 3 aromatic rings. The Morgan fingerprint density at radius 2 is 1.55 bits per heavy atom. The first-order valence-electron chi connectivity index (χ1n) is 6.25. The molecule has 0 radical (unpaired) electrons. The lowest BCUT2D eigenvalue weighted by Gasteiger charge is -2.11. The van der Waals surface area contributed by atoms with Gasteiger partial charge in [-0.05, 0) is 42.5 Å². The highest BCUT2D eigenvalue weighted by Gasteiger charge is 2.36. The largest absolute Gasteiger partial charge is 0.433 e. The number of H-pyrrole nitrogens is 1. The van der Waals surface area contributed by atoms with Gasteiger partial charge in [-0.15, -0.1) is 0 Å². The Kier molecular flexibility index (Phi) is 3.70. The average molecular weight is 345 g/mol. The number of alkyl halides is 3. The van der Waals surface area contributed by atoms with Gasteiger partial charge >= 0.3 is 6.18 Å². The fourth-order valence-corrected chi connectivity index (χ4v) is 2.48. The van der Waals surface area contributed by atoms with Gasteiger partial charge in [-0.25, -0.2) is 0 Å². The molecule has 0 saturated heterocycles. The second kappa shape index (κ2) is 5.41. The summed E-state index contributed by atoms with van der Waals surface area (Å²) in [6.07, 6.45) is -4.51. The predicted octanol–water partition coefficient (Wildman–Crippen LogP) is 6.24. The van der Waals surface area contributed by atoms with Crippen LogP contribution in [0.4, 0.5) is 24.5 Å². The van der Waals surface area contributed by atoms with E-state index in [0.717, 1.165) is 0 Å². The molecule has 0 aliphatic rings. The molecule has 0 aliphatic heterocycles. The molecule has 0 atom stereocenters.